The summed E-state index contributed by atoms with van der Waals surface area (Å²) in [6.07, 6.45) is 3.67. The molecule has 4 saturated heterocycles. The van der Waals surface area contributed by atoms with Crippen LogP contribution in [0.15, 0.2) is 36.4 Å². The molecule has 5 aliphatic rings. The van der Waals surface area contributed by atoms with Crippen LogP contribution in [-0.2, 0) is 0 Å². The van der Waals surface area contributed by atoms with Crippen LogP contribution >= 0.6 is 0 Å². The van der Waals surface area contributed by atoms with E-state index >= 15 is 4.39 Å². The van der Waals surface area contributed by atoms with Crippen molar-refractivity contribution in [2.45, 2.75) is 61.9 Å². The highest BCUT2D eigenvalue weighted by molar-refractivity contribution is 6.01. The number of hydrogen-bond donors (Lipinski definition) is 2. The van der Waals surface area contributed by atoms with E-state index in [-0.39, 0.29) is 29.4 Å². The maximum atomic E-state index is 15.2. The van der Waals surface area contributed by atoms with Crippen LogP contribution in [0.3, 0.4) is 0 Å². The van der Waals surface area contributed by atoms with Crippen molar-refractivity contribution in [3.8, 4) is 28.9 Å². The molecule has 2 aromatic carbocycles. The van der Waals surface area contributed by atoms with Crippen molar-refractivity contribution in [2.24, 2.45) is 0 Å². The zero-order chi connectivity index (χ0) is 28.9. The summed E-state index contributed by atoms with van der Waals surface area (Å²) in [5, 5.41) is 15.9. The van der Waals surface area contributed by atoms with Crippen molar-refractivity contribution in [1.29, 1.82) is 0 Å². The molecule has 4 fully saturated rings. The summed E-state index contributed by atoms with van der Waals surface area (Å²) < 4.78 is 42.4. The first kappa shape index (κ1) is 25.6. The number of benzene rings is 2. The Labute approximate surface area is 246 Å². The van der Waals surface area contributed by atoms with Gasteiger partial charge in [0.2, 0.25) is 5.88 Å². The summed E-state index contributed by atoms with van der Waals surface area (Å²) in [5.41, 5.74) is 1.11. The fraction of sp³-hybridized carbons (Fsp3) is 0.469. The number of piperazine rings is 1. The third kappa shape index (κ3) is 3.97. The average Bonchev–Trinajstić information content (AvgIpc) is 3.62. The van der Waals surface area contributed by atoms with Gasteiger partial charge < -0.3 is 24.8 Å². The lowest BCUT2D eigenvalue weighted by molar-refractivity contribution is 0.107. The number of halogens is 2. The molecule has 9 nitrogen and oxygen atoms in total. The summed E-state index contributed by atoms with van der Waals surface area (Å²) in [6, 6.07) is 10.5. The van der Waals surface area contributed by atoms with Crippen LogP contribution in [0.4, 0.5) is 14.6 Å². The summed E-state index contributed by atoms with van der Waals surface area (Å²) in [6.45, 7) is 2.83. The van der Waals surface area contributed by atoms with Gasteiger partial charge >= 0.3 is 6.01 Å². The second kappa shape index (κ2) is 9.33. The van der Waals surface area contributed by atoms with E-state index in [2.05, 4.69) is 15.1 Å². The first-order valence-electron chi connectivity index (χ1n) is 15.3. The van der Waals surface area contributed by atoms with Gasteiger partial charge in [0.25, 0.3) is 0 Å². The molecule has 1 unspecified atom stereocenters. The first-order valence-corrected chi connectivity index (χ1v) is 15.3. The van der Waals surface area contributed by atoms with E-state index in [0.29, 0.717) is 71.0 Å². The molecule has 9 rings (SSSR count). The molecular formula is C32H32F2N6O3. The van der Waals surface area contributed by atoms with Crippen LogP contribution in [0.1, 0.15) is 32.1 Å². The number of pyridine rings is 1. The molecule has 4 aromatic rings. The van der Waals surface area contributed by atoms with Crippen molar-refractivity contribution >= 4 is 27.5 Å². The number of aromatic hydroxyl groups is 1. The highest BCUT2D eigenvalue weighted by Crippen LogP contribution is 2.44. The standard InChI is InChI=1S/C32H32F2N6O3/c33-18-12-32(7-2-8-39(32)13-18)16-43-31-37-25-11-24(21-10-20(41)9-17-3-1-4-22(34)27(17)21)36-30-28(25)29(38-31)40-14-19-5-6-23(35-19)26(40)15-42-30/h1,3-4,9-11,18-19,23,26,35,41H,2,5-8,12-16H2/t18-,19?,23+,26+,32-/m1/s1. The van der Waals surface area contributed by atoms with Crippen molar-refractivity contribution < 1.29 is 23.4 Å². The summed E-state index contributed by atoms with van der Waals surface area (Å²) in [4.78, 5) is 19.2. The Morgan fingerprint density at radius 3 is 2.98 bits per heavy atom. The number of anilines is 1. The van der Waals surface area contributed by atoms with Crippen molar-refractivity contribution in [1.82, 2.24) is 25.2 Å². The number of alkyl halides is 1. The van der Waals surface area contributed by atoms with Crippen molar-refractivity contribution in [2.75, 3.05) is 37.7 Å². The Morgan fingerprint density at radius 2 is 2.05 bits per heavy atom. The summed E-state index contributed by atoms with van der Waals surface area (Å²) >= 11 is 0. The normalized spacial score (nSPS) is 29.5. The molecule has 2 aromatic heterocycles. The van der Waals surface area contributed by atoms with E-state index in [1.165, 1.54) is 18.2 Å². The quantitative estimate of drug-likeness (QED) is 0.362. The van der Waals surface area contributed by atoms with Gasteiger partial charge in [-0.25, -0.2) is 13.8 Å². The van der Waals surface area contributed by atoms with E-state index in [9.17, 15) is 9.50 Å². The molecule has 222 valence electrons. The number of fused-ring (bicyclic) bond motifs is 7. The number of nitrogens with one attached hydrogen (secondary N) is 1. The van der Waals surface area contributed by atoms with Gasteiger partial charge in [-0.05, 0) is 61.9 Å². The Morgan fingerprint density at radius 1 is 1.12 bits per heavy atom. The maximum Gasteiger partial charge on any atom is 0.319 e. The molecular weight excluding hydrogens is 554 g/mol. The lowest BCUT2D eigenvalue weighted by Crippen LogP contribution is -2.60. The van der Waals surface area contributed by atoms with Gasteiger partial charge in [0.1, 0.15) is 42.2 Å². The topological polar surface area (TPSA) is 95.9 Å². The number of rotatable bonds is 4. The predicted octanol–water partition coefficient (Wildman–Crippen LogP) is 4.35. The molecule has 11 heteroatoms. The smallest absolute Gasteiger partial charge is 0.319 e. The molecule has 5 aliphatic heterocycles. The molecule has 0 saturated carbocycles. The fourth-order valence-electron chi connectivity index (χ4n) is 8.31. The second-order valence-corrected chi connectivity index (χ2v) is 12.8. The maximum absolute atomic E-state index is 15.2. The highest BCUT2D eigenvalue weighted by Gasteiger charge is 2.49. The molecule has 0 aliphatic carbocycles. The van der Waals surface area contributed by atoms with E-state index in [1.54, 1.807) is 18.2 Å². The Hall–Kier alpha value is -3.83. The molecule has 0 spiro atoms. The number of phenols is 1. The van der Waals surface area contributed by atoms with E-state index in [4.69, 9.17) is 24.4 Å². The molecule has 2 N–H and O–H groups in total. The van der Waals surface area contributed by atoms with Gasteiger partial charge in [0.15, 0.2) is 0 Å². The minimum atomic E-state index is -0.853. The summed E-state index contributed by atoms with van der Waals surface area (Å²) in [5.74, 6) is 0.702. The SMILES string of the molecule is Oc1cc(-c2cc3nc(OC[C@]45CCCN4C[C@H](F)C5)nc4c3c(n2)OC[C@H]2[C@@H]3CCC(CN42)N3)c2c(F)cccc2c1. The number of hydrogen-bond acceptors (Lipinski definition) is 9. The van der Waals surface area contributed by atoms with Crippen LogP contribution in [0.5, 0.6) is 17.6 Å². The van der Waals surface area contributed by atoms with Gasteiger partial charge in [-0.2, -0.15) is 9.97 Å². The first-order chi connectivity index (χ1) is 20.9. The Balaban J connectivity index is 1.20. The minimum absolute atomic E-state index is 0.0107. The molecule has 0 amide bonds. The third-order valence-corrected chi connectivity index (χ3v) is 10.2. The van der Waals surface area contributed by atoms with Gasteiger partial charge in [-0.3, -0.25) is 4.90 Å². The fourth-order valence-corrected chi connectivity index (χ4v) is 8.31. The largest absolute Gasteiger partial charge is 0.508 e. The minimum Gasteiger partial charge on any atom is -0.508 e. The summed E-state index contributed by atoms with van der Waals surface area (Å²) in [7, 11) is 0. The zero-order valence-corrected chi connectivity index (χ0v) is 23.6. The molecule has 7 heterocycles. The van der Waals surface area contributed by atoms with E-state index in [0.717, 1.165) is 44.6 Å². The number of ether oxygens (including phenoxy) is 2. The van der Waals surface area contributed by atoms with Crippen LogP contribution in [0.2, 0.25) is 0 Å². The van der Waals surface area contributed by atoms with Crippen LogP contribution in [-0.4, -0.2) is 87.6 Å². The van der Waals surface area contributed by atoms with Crippen molar-refractivity contribution in [3.05, 3.63) is 42.2 Å². The second-order valence-electron chi connectivity index (χ2n) is 12.8. The van der Waals surface area contributed by atoms with Gasteiger partial charge in [-0.15, -0.1) is 0 Å². The number of nitrogens with zero attached hydrogens (tertiary/aromatic N) is 5. The Bertz CT molecular complexity index is 1790. The number of aromatic nitrogens is 3. The average molecular weight is 587 g/mol. The van der Waals surface area contributed by atoms with Gasteiger partial charge in [0, 0.05) is 42.5 Å². The molecule has 5 atom stereocenters. The lowest BCUT2D eigenvalue weighted by Gasteiger charge is -2.40. The highest BCUT2D eigenvalue weighted by atomic mass is 19.1. The van der Waals surface area contributed by atoms with Crippen LogP contribution in [0.25, 0.3) is 32.9 Å². The molecule has 0 radical (unpaired) electrons. The van der Waals surface area contributed by atoms with Crippen LogP contribution in [0, 0.1) is 5.82 Å². The van der Waals surface area contributed by atoms with E-state index in [1.807, 2.05) is 0 Å². The van der Waals surface area contributed by atoms with Crippen molar-refractivity contribution in [3.63, 3.8) is 0 Å². The van der Waals surface area contributed by atoms with Crippen LogP contribution < -0.4 is 19.7 Å². The monoisotopic (exact) mass is 586 g/mol. The lowest BCUT2D eigenvalue weighted by atomic mass is 9.95. The third-order valence-electron chi connectivity index (χ3n) is 10.2. The molecule has 2 bridgehead atoms. The Kier molecular flexibility index (Phi) is 5.57. The van der Waals surface area contributed by atoms with E-state index < -0.39 is 12.0 Å². The number of phenolic OH excluding ortho intramolecular Hbond substituents is 1. The van der Waals surface area contributed by atoms with Gasteiger partial charge in [-0.1, -0.05) is 12.1 Å². The predicted molar refractivity (Wildman–Crippen MR) is 157 cm³/mol. The van der Waals surface area contributed by atoms with Gasteiger partial charge in [0.05, 0.1) is 22.8 Å². The molecule has 43 heavy (non-hydrogen) atoms. The zero-order valence-electron chi connectivity index (χ0n) is 23.6.